The standard InChI is InChI=1S/C18H19ClN2O3/c19-16-11-15(24-20-16)8-9-17(22)21-10-4-7-14(12-21)18(23)13-5-2-1-3-6-13/h1-3,5-6,11,14H,4,7-10,12H2. The second kappa shape index (κ2) is 7.62. The topological polar surface area (TPSA) is 63.4 Å². The molecule has 1 aliphatic rings. The predicted octanol–water partition coefficient (Wildman–Crippen LogP) is 3.38. The van der Waals surface area contributed by atoms with Crippen molar-refractivity contribution in [2.24, 2.45) is 5.92 Å². The molecule has 2 aromatic rings. The average Bonchev–Trinajstić information content (AvgIpc) is 3.05. The van der Waals surface area contributed by atoms with Crippen LogP contribution in [-0.4, -0.2) is 34.8 Å². The van der Waals surface area contributed by atoms with Crippen LogP contribution in [0.2, 0.25) is 5.15 Å². The van der Waals surface area contributed by atoms with Crippen molar-refractivity contribution >= 4 is 23.3 Å². The van der Waals surface area contributed by atoms with Gasteiger partial charge in [-0.1, -0.05) is 47.1 Å². The SMILES string of the molecule is O=C(c1ccccc1)C1CCCN(C(=O)CCc2cc(Cl)no2)C1. The zero-order valence-electron chi connectivity index (χ0n) is 13.3. The first-order chi connectivity index (χ1) is 11.6. The number of carbonyl (C=O) groups excluding carboxylic acids is 2. The van der Waals surface area contributed by atoms with Gasteiger partial charge in [0.25, 0.3) is 0 Å². The van der Waals surface area contributed by atoms with Gasteiger partial charge in [0.2, 0.25) is 5.91 Å². The number of hydrogen-bond donors (Lipinski definition) is 0. The fourth-order valence-electron chi connectivity index (χ4n) is 3.05. The van der Waals surface area contributed by atoms with E-state index < -0.39 is 0 Å². The number of carbonyl (C=O) groups is 2. The van der Waals surface area contributed by atoms with Gasteiger partial charge >= 0.3 is 0 Å². The number of amides is 1. The van der Waals surface area contributed by atoms with Gasteiger partial charge in [0.05, 0.1) is 0 Å². The summed E-state index contributed by atoms with van der Waals surface area (Å²) in [6.07, 6.45) is 2.47. The zero-order valence-corrected chi connectivity index (χ0v) is 14.0. The summed E-state index contributed by atoms with van der Waals surface area (Å²) in [4.78, 5) is 26.8. The molecule has 1 aromatic heterocycles. The van der Waals surface area contributed by atoms with Gasteiger partial charge in [-0.05, 0) is 12.8 Å². The van der Waals surface area contributed by atoms with E-state index in [1.54, 1.807) is 11.0 Å². The number of benzene rings is 1. The van der Waals surface area contributed by atoms with Crippen molar-refractivity contribution in [1.29, 1.82) is 0 Å². The lowest BCUT2D eigenvalue weighted by Gasteiger charge is -2.32. The lowest BCUT2D eigenvalue weighted by molar-refractivity contribution is -0.132. The molecule has 0 spiro atoms. The summed E-state index contributed by atoms with van der Waals surface area (Å²) in [5, 5.41) is 3.89. The lowest BCUT2D eigenvalue weighted by Crippen LogP contribution is -2.42. The van der Waals surface area contributed by atoms with Crippen molar-refractivity contribution in [3.8, 4) is 0 Å². The number of rotatable bonds is 5. The highest BCUT2D eigenvalue weighted by Gasteiger charge is 2.28. The normalized spacial score (nSPS) is 17.7. The molecule has 1 atom stereocenters. The number of likely N-dealkylation sites (tertiary alicyclic amines) is 1. The van der Waals surface area contributed by atoms with E-state index in [4.69, 9.17) is 16.1 Å². The first-order valence-electron chi connectivity index (χ1n) is 8.11. The van der Waals surface area contributed by atoms with Crippen molar-refractivity contribution in [3.63, 3.8) is 0 Å². The summed E-state index contributed by atoms with van der Waals surface area (Å²) in [6, 6.07) is 10.9. The van der Waals surface area contributed by atoms with E-state index >= 15 is 0 Å². The molecule has 2 heterocycles. The van der Waals surface area contributed by atoms with Crippen molar-refractivity contribution in [3.05, 3.63) is 52.9 Å². The van der Waals surface area contributed by atoms with Crippen LogP contribution < -0.4 is 0 Å². The lowest BCUT2D eigenvalue weighted by atomic mass is 9.90. The number of ketones is 1. The molecule has 1 aliphatic heterocycles. The van der Waals surface area contributed by atoms with Gasteiger partial charge in [-0.2, -0.15) is 0 Å². The van der Waals surface area contributed by atoms with Gasteiger partial charge in [-0.15, -0.1) is 0 Å². The Morgan fingerprint density at radius 3 is 2.79 bits per heavy atom. The highest BCUT2D eigenvalue weighted by molar-refractivity contribution is 6.29. The molecule has 1 amide bonds. The Morgan fingerprint density at radius 1 is 1.29 bits per heavy atom. The van der Waals surface area contributed by atoms with Gasteiger partial charge in [-0.3, -0.25) is 9.59 Å². The molecule has 0 aliphatic carbocycles. The number of aromatic nitrogens is 1. The average molecular weight is 347 g/mol. The van der Waals surface area contributed by atoms with E-state index in [1.165, 1.54) is 0 Å². The molecule has 3 rings (SSSR count). The molecule has 1 unspecified atom stereocenters. The predicted molar refractivity (Wildman–Crippen MR) is 89.9 cm³/mol. The maximum absolute atomic E-state index is 12.6. The van der Waals surface area contributed by atoms with E-state index in [-0.39, 0.29) is 17.6 Å². The smallest absolute Gasteiger partial charge is 0.223 e. The van der Waals surface area contributed by atoms with Crippen LogP contribution in [0.3, 0.4) is 0 Å². The Bertz CT molecular complexity index is 714. The molecule has 1 saturated heterocycles. The minimum Gasteiger partial charge on any atom is -0.360 e. The minimum atomic E-state index is -0.121. The number of Topliss-reactive ketones (excluding diaryl/α,β-unsaturated/α-hetero) is 1. The Hall–Kier alpha value is -2.14. The van der Waals surface area contributed by atoms with Crippen LogP contribution in [-0.2, 0) is 11.2 Å². The fourth-order valence-corrected chi connectivity index (χ4v) is 3.21. The van der Waals surface area contributed by atoms with Gasteiger partial charge in [0.15, 0.2) is 10.9 Å². The molecule has 24 heavy (non-hydrogen) atoms. The molecular weight excluding hydrogens is 328 g/mol. The number of piperidine rings is 1. The maximum atomic E-state index is 12.6. The van der Waals surface area contributed by atoms with Crippen molar-refractivity contribution in [2.45, 2.75) is 25.7 Å². The van der Waals surface area contributed by atoms with Gasteiger partial charge in [-0.25, -0.2) is 0 Å². The first kappa shape index (κ1) is 16.7. The number of hydrogen-bond acceptors (Lipinski definition) is 4. The van der Waals surface area contributed by atoms with Gasteiger partial charge in [0.1, 0.15) is 5.76 Å². The van der Waals surface area contributed by atoms with Crippen molar-refractivity contribution in [1.82, 2.24) is 10.1 Å². The van der Waals surface area contributed by atoms with E-state index in [2.05, 4.69) is 5.16 Å². The molecular formula is C18H19ClN2O3. The Balaban J connectivity index is 1.56. The maximum Gasteiger partial charge on any atom is 0.223 e. The first-order valence-corrected chi connectivity index (χ1v) is 8.49. The molecule has 126 valence electrons. The second-order valence-corrected chi connectivity index (χ2v) is 6.41. The molecule has 0 bridgehead atoms. The Morgan fingerprint density at radius 2 is 2.08 bits per heavy atom. The van der Waals surface area contributed by atoms with Crippen molar-refractivity contribution in [2.75, 3.05) is 13.1 Å². The minimum absolute atomic E-state index is 0.0353. The quantitative estimate of drug-likeness (QED) is 0.778. The van der Waals surface area contributed by atoms with E-state index in [0.29, 0.717) is 42.4 Å². The Labute approximate surface area is 145 Å². The number of aryl methyl sites for hydroxylation is 1. The molecule has 0 N–H and O–H groups in total. The van der Waals surface area contributed by atoms with Crippen LogP contribution in [0.5, 0.6) is 0 Å². The van der Waals surface area contributed by atoms with Gasteiger partial charge < -0.3 is 9.42 Å². The molecule has 5 nitrogen and oxygen atoms in total. The Kier molecular flexibility index (Phi) is 5.30. The summed E-state index contributed by atoms with van der Waals surface area (Å²) < 4.78 is 5.01. The third-order valence-corrected chi connectivity index (χ3v) is 4.50. The van der Waals surface area contributed by atoms with Crippen LogP contribution >= 0.6 is 11.6 Å². The fraction of sp³-hybridized carbons (Fsp3) is 0.389. The molecule has 0 radical (unpaired) electrons. The number of halogens is 1. The summed E-state index contributed by atoms with van der Waals surface area (Å²) in [5.74, 6) is 0.635. The summed E-state index contributed by atoms with van der Waals surface area (Å²) in [6.45, 7) is 1.19. The molecule has 1 aromatic carbocycles. The largest absolute Gasteiger partial charge is 0.360 e. The van der Waals surface area contributed by atoms with Crippen molar-refractivity contribution < 1.29 is 14.1 Å². The second-order valence-electron chi connectivity index (χ2n) is 6.03. The molecule has 1 fully saturated rings. The molecule has 6 heteroatoms. The highest BCUT2D eigenvalue weighted by Crippen LogP contribution is 2.22. The van der Waals surface area contributed by atoms with E-state index in [0.717, 1.165) is 12.8 Å². The summed E-state index contributed by atoms with van der Waals surface area (Å²) >= 11 is 5.70. The van der Waals surface area contributed by atoms with Crippen LogP contribution in [0, 0.1) is 5.92 Å². The monoisotopic (exact) mass is 346 g/mol. The highest BCUT2D eigenvalue weighted by atomic mass is 35.5. The zero-order chi connectivity index (χ0) is 16.9. The number of nitrogens with zero attached hydrogens (tertiary/aromatic N) is 2. The third kappa shape index (κ3) is 4.03. The van der Waals surface area contributed by atoms with E-state index in [1.807, 2.05) is 30.3 Å². The van der Waals surface area contributed by atoms with Crippen LogP contribution in [0.15, 0.2) is 40.9 Å². The molecule has 0 saturated carbocycles. The summed E-state index contributed by atoms with van der Waals surface area (Å²) in [7, 11) is 0. The van der Waals surface area contributed by atoms with E-state index in [9.17, 15) is 9.59 Å². The van der Waals surface area contributed by atoms with Gasteiger partial charge in [0, 0.05) is 43.5 Å². The van der Waals surface area contributed by atoms with Crippen LogP contribution in [0.1, 0.15) is 35.4 Å². The van der Waals surface area contributed by atoms with Crippen LogP contribution in [0.4, 0.5) is 0 Å². The third-order valence-electron chi connectivity index (χ3n) is 4.32. The van der Waals surface area contributed by atoms with Crippen LogP contribution in [0.25, 0.3) is 0 Å². The summed E-state index contributed by atoms with van der Waals surface area (Å²) in [5.41, 5.74) is 0.716.